The molecule has 0 fully saturated rings. The molecular weight excluding hydrogens is 279 g/mol. The zero-order chi connectivity index (χ0) is 14.8. The summed E-state index contributed by atoms with van der Waals surface area (Å²) in [5.41, 5.74) is 3.03. The van der Waals surface area contributed by atoms with Crippen LogP contribution < -0.4 is 5.73 Å². The van der Waals surface area contributed by atoms with Crippen LogP contribution in [-0.4, -0.2) is 6.18 Å². The third-order valence-electron chi connectivity index (χ3n) is 2.47. The van der Waals surface area contributed by atoms with Crippen molar-refractivity contribution in [3.63, 3.8) is 0 Å². The minimum absolute atomic E-state index is 0.586. The van der Waals surface area contributed by atoms with Gasteiger partial charge in [0.2, 0.25) is 0 Å². The largest absolute Gasteiger partial charge is 0.419 e. The van der Waals surface area contributed by atoms with Crippen LogP contribution in [0, 0.1) is 5.82 Å². The van der Waals surface area contributed by atoms with Crippen molar-refractivity contribution in [1.82, 2.24) is 0 Å². The summed E-state index contributed by atoms with van der Waals surface area (Å²) in [6.07, 6.45) is -11.6. The van der Waals surface area contributed by atoms with Crippen molar-refractivity contribution in [3.8, 4) is 0 Å². The van der Waals surface area contributed by atoms with Gasteiger partial charge in [-0.25, -0.2) is 4.39 Å². The van der Waals surface area contributed by atoms with Gasteiger partial charge >= 0.3 is 12.4 Å². The van der Waals surface area contributed by atoms with Gasteiger partial charge in [-0.15, -0.1) is 0 Å². The minimum atomic E-state index is -5.00. The molecule has 108 valence electrons. The molecule has 1 aromatic carbocycles. The van der Waals surface area contributed by atoms with Crippen LogP contribution in [0.5, 0.6) is 0 Å². The van der Waals surface area contributed by atoms with Crippen LogP contribution in [0.15, 0.2) is 18.2 Å². The van der Waals surface area contributed by atoms with Gasteiger partial charge in [-0.05, 0) is 18.1 Å². The van der Waals surface area contributed by atoms with Crippen molar-refractivity contribution in [2.24, 2.45) is 5.73 Å². The molecular formula is C11H10F7N. The van der Waals surface area contributed by atoms with Gasteiger partial charge in [-0.3, -0.25) is 0 Å². The standard InChI is InChI=1S/C11H10F7N/c12-7-3-1-2-6(9(7)11(16,17)18)8(19)4-5-10(13,14)15/h1-3,8H,4-5,19H2/t8-/m0/s1. The topological polar surface area (TPSA) is 26.0 Å². The number of hydrogen-bond donors (Lipinski definition) is 1. The fraction of sp³-hybridized carbons (Fsp3) is 0.455. The number of alkyl halides is 6. The number of nitrogens with two attached hydrogens (primary N) is 1. The zero-order valence-electron chi connectivity index (χ0n) is 9.45. The van der Waals surface area contributed by atoms with Gasteiger partial charge in [0, 0.05) is 12.5 Å². The Hall–Kier alpha value is -1.31. The molecule has 1 nitrogen and oxygen atoms in total. The molecule has 0 spiro atoms. The van der Waals surface area contributed by atoms with E-state index in [0.717, 1.165) is 12.1 Å². The Balaban J connectivity index is 3.04. The van der Waals surface area contributed by atoms with Crippen LogP contribution in [0.3, 0.4) is 0 Å². The van der Waals surface area contributed by atoms with Gasteiger partial charge in [0.15, 0.2) is 0 Å². The first-order valence-corrected chi connectivity index (χ1v) is 5.20. The summed E-state index contributed by atoms with van der Waals surface area (Å²) < 4.78 is 87.0. The van der Waals surface area contributed by atoms with Gasteiger partial charge < -0.3 is 5.73 Å². The Kier molecular flexibility index (Phi) is 4.44. The zero-order valence-corrected chi connectivity index (χ0v) is 9.45. The van der Waals surface area contributed by atoms with Crippen molar-refractivity contribution < 1.29 is 30.7 Å². The second-order valence-electron chi connectivity index (χ2n) is 3.96. The number of rotatable bonds is 3. The molecule has 0 saturated carbocycles. The van der Waals surface area contributed by atoms with E-state index >= 15 is 0 Å². The predicted molar refractivity (Wildman–Crippen MR) is 53.6 cm³/mol. The van der Waals surface area contributed by atoms with E-state index in [0.29, 0.717) is 6.07 Å². The molecule has 0 unspecified atom stereocenters. The van der Waals surface area contributed by atoms with Crippen LogP contribution >= 0.6 is 0 Å². The maximum absolute atomic E-state index is 13.2. The molecule has 1 aromatic rings. The summed E-state index contributed by atoms with van der Waals surface area (Å²) in [6.45, 7) is 0. The SMILES string of the molecule is N[C@@H](CCC(F)(F)F)c1cccc(F)c1C(F)(F)F. The minimum Gasteiger partial charge on any atom is -0.324 e. The summed E-state index contributed by atoms with van der Waals surface area (Å²) in [5, 5.41) is 0. The molecule has 0 aromatic heterocycles. The Bertz CT molecular complexity index is 436. The quantitative estimate of drug-likeness (QED) is 0.830. The van der Waals surface area contributed by atoms with E-state index in [9.17, 15) is 30.7 Å². The van der Waals surface area contributed by atoms with Gasteiger partial charge in [0.1, 0.15) is 5.82 Å². The summed E-state index contributed by atoms with van der Waals surface area (Å²) in [5.74, 6) is -1.55. The normalized spacial score (nSPS) is 14.5. The second kappa shape index (κ2) is 5.36. The molecule has 0 aliphatic heterocycles. The van der Waals surface area contributed by atoms with Crippen molar-refractivity contribution in [2.45, 2.75) is 31.2 Å². The maximum atomic E-state index is 13.2. The van der Waals surface area contributed by atoms with Crippen LogP contribution in [-0.2, 0) is 6.18 Å². The third-order valence-corrected chi connectivity index (χ3v) is 2.47. The van der Waals surface area contributed by atoms with Gasteiger partial charge in [0.05, 0.1) is 5.56 Å². The lowest BCUT2D eigenvalue weighted by Crippen LogP contribution is -2.21. The Labute approximate surface area is 104 Å². The van der Waals surface area contributed by atoms with Crippen LogP contribution in [0.25, 0.3) is 0 Å². The van der Waals surface area contributed by atoms with E-state index in [1.165, 1.54) is 0 Å². The van der Waals surface area contributed by atoms with Crippen molar-refractivity contribution in [1.29, 1.82) is 0 Å². The first-order valence-electron chi connectivity index (χ1n) is 5.20. The summed E-state index contributed by atoms with van der Waals surface area (Å²) in [7, 11) is 0. The van der Waals surface area contributed by atoms with Gasteiger partial charge in [0.25, 0.3) is 0 Å². The van der Waals surface area contributed by atoms with Crippen LogP contribution in [0.2, 0.25) is 0 Å². The summed E-state index contributed by atoms with van der Waals surface area (Å²) in [4.78, 5) is 0. The fourth-order valence-electron chi connectivity index (χ4n) is 1.62. The average Bonchev–Trinajstić information content (AvgIpc) is 2.22. The van der Waals surface area contributed by atoms with Gasteiger partial charge in [-0.1, -0.05) is 12.1 Å². The van der Waals surface area contributed by atoms with E-state index in [1.807, 2.05) is 0 Å². The van der Waals surface area contributed by atoms with Crippen molar-refractivity contribution in [3.05, 3.63) is 35.1 Å². The number of hydrogen-bond acceptors (Lipinski definition) is 1. The Morgan fingerprint density at radius 2 is 1.63 bits per heavy atom. The maximum Gasteiger partial charge on any atom is 0.419 e. The molecule has 2 N–H and O–H groups in total. The van der Waals surface area contributed by atoms with E-state index in [4.69, 9.17) is 5.73 Å². The molecule has 19 heavy (non-hydrogen) atoms. The molecule has 8 heteroatoms. The molecule has 0 bridgehead atoms. The molecule has 0 radical (unpaired) electrons. The lowest BCUT2D eigenvalue weighted by atomic mass is 9.96. The average molecular weight is 289 g/mol. The van der Waals surface area contributed by atoms with Crippen molar-refractivity contribution >= 4 is 0 Å². The molecule has 0 aliphatic carbocycles. The number of halogens is 7. The lowest BCUT2D eigenvalue weighted by Gasteiger charge is -2.19. The highest BCUT2D eigenvalue weighted by Gasteiger charge is 2.38. The van der Waals surface area contributed by atoms with Crippen LogP contribution in [0.1, 0.15) is 30.0 Å². The Morgan fingerprint density at radius 1 is 1.05 bits per heavy atom. The lowest BCUT2D eigenvalue weighted by molar-refractivity contribution is -0.141. The molecule has 0 amide bonds. The van der Waals surface area contributed by atoms with E-state index in [2.05, 4.69) is 0 Å². The smallest absolute Gasteiger partial charge is 0.324 e. The fourth-order valence-corrected chi connectivity index (χ4v) is 1.62. The molecule has 0 saturated heterocycles. The van der Waals surface area contributed by atoms with E-state index < -0.39 is 48.2 Å². The molecule has 1 rings (SSSR count). The van der Waals surface area contributed by atoms with E-state index in [1.54, 1.807) is 0 Å². The van der Waals surface area contributed by atoms with Crippen molar-refractivity contribution in [2.75, 3.05) is 0 Å². The molecule has 1 atom stereocenters. The molecule has 0 heterocycles. The Morgan fingerprint density at radius 3 is 2.11 bits per heavy atom. The van der Waals surface area contributed by atoms with E-state index in [-0.39, 0.29) is 0 Å². The highest BCUT2D eigenvalue weighted by Crippen LogP contribution is 2.37. The first kappa shape index (κ1) is 15.7. The molecule has 0 aliphatic rings. The first-order chi connectivity index (χ1) is 8.52. The monoisotopic (exact) mass is 289 g/mol. The third kappa shape index (κ3) is 4.38. The van der Waals surface area contributed by atoms with Crippen LogP contribution in [0.4, 0.5) is 30.7 Å². The number of benzene rings is 1. The summed E-state index contributed by atoms with van der Waals surface area (Å²) >= 11 is 0. The highest BCUT2D eigenvalue weighted by molar-refractivity contribution is 5.33. The highest BCUT2D eigenvalue weighted by atomic mass is 19.4. The second-order valence-corrected chi connectivity index (χ2v) is 3.96. The summed E-state index contributed by atoms with van der Waals surface area (Å²) in [6, 6.07) is 0.914. The predicted octanol–water partition coefficient (Wildman–Crippen LogP) is 4.19. The van der Waals surface area contributed by atoms with Gasteiger partial charge in [-0.2, -0.15) is 26.3 Å².